The topological polar surface area (TPSA) is 104 Å². The summed E-state index contributed by atoms with van der Waals surface area (Å²) in [5, 5.41) is 29.6. The van der Waals surface area contributed by atoms with Crippen LogP contribution in [0.5, 0.6) is 0 Å². The smallest absolute Gasteiger partial charge is 0.344 e. The maximum absolute atomic E-state index is 12.6. The lowest BCUT2D eigenvalue weighted by atomic mass is 9.95. The zero-order chi connectivity index (χ0) is 25.1. The summed E-state index contributed by atoms with van der Waals surface area (Å²) in [4.78, 5) is 12.6. The molecule has 180 valence electrons. The summed E-state index contributed by atoms with van der Waals surface area (Å²) in [6.45, 7) is 2.84. The molecule has 1 atom stereocenters. The Morgan fingerprint density at radius 3 is 2.19 bits per heavy atom. The zero-order valence-corrected chi connectivity index (χ0v) is 20.2. The molecule has 8 heteroatoms. The van der Waals surface area contributed by atoms with E-state index in [2.05, 4.69) is 27.5 Å². The molecular formula is C28H27N6O2+. The maximum atomic E-state index is 12.6. The van der Waals surface area contributed by atoms with Crippen LogP contribution in [0.1, 0.15) is 30.9 Å². The van der Waals surface area contributed by atoms with Crippen molar-refractivity contribution in [1.82, 2.24) is 20.6 Å². The highest BCUT2D eigenvalue weighted by Crippen LogP contribution is 2.39. The Labute approximate surface area is 209 Å². The van der Waals surface area contributed by atoms with E-state index in [-0.39, 0.29) is 10.2 Å². The number of carboxylic acid groups (broad SMARTS) is 1. The van der Waals surface area contributed by atoms with Gasteiger partial charge in [0.25, 0.3) is 0 Å². The molecule has 0 spiro atoms. The van der Waals surface area contributed by atoms with E-state index >= 15 is 0 Å². The third-order valence-electron chi connectivity index (χ3n) is 6.48. The Hall–Kier alpha value is -4.43. The number of carbonyl (C=O) groups is 1. The van der Waals surface area contributed by atoms with Crippen molar-refractivity contribution in [2.45, 2.75) is 19.8 Å². The van der Waals surface area contributed by atoms with E-state index in [4.69, 9.17) is 5.10 Å². The second kappa shape index (κ2) is 9.67. The fourth-order valence-electron chi connectivity index (χ4n) is 4.75. The van der Waals surface area contributed by atoms with Gasteiger partial charge < -0.3 is 5.11 Å². The van der Waals surface area contributed by atoms with E-state index in [1.807, 2.05) is 85.9 Å². The van der Waals surface area contributed by atoms with Crippen molar-refractivity contribution in [3.63, 3.8) is 0 Å². The van der Waals surface area contributed by atoms with E-state index in [1.54, 1.807) is 0 Å². The third kappa shape index (κ3) is 4.23. The van der Waals surface area contributed by atoms with Crippen molar-refractivity contribution in [3.8, 4) is 22.5 Å². The number of quaternary nitrogens is 1. The summed E-state index contributed by atoms with van der Waals surface area (Å²) in [6.07, 6.45) is 1.92. The summed E-state index contributed by atoms with van der Waals surface area (Å²) < 4.78 is 0.194. The number of unbranched alkanes of at least 4 members (excludes halogenated alkanes) is 1. The first kappa shape index (κ1) is 23.3. The fourth-order valence-corrected chi connectivity index (χ4v) is 4.75. The molecule has 0 fully saturated rings. The molecule has 1 aliphatic heterocycles. The Kier molecular flexibility index (Phi) is 6.26. The van der Waals surface area contributed by atoms with Crippen LogP contribution in [0, 0.1) is 0 Å². The Morgan fingerprint density at radius 2 is 1.56 bits per heavy atom. The second-order valence-corrected chi connectivity index (χ2v) is 8.93. The van der Waals surface area contributed by atoms with Crippen LogP contribution < -0.4 is 0 Å². The monoisotopic (exact) mass is 479 g/mol. The van der Waals surface area contributed by atoms with Gasteiger partial charge in [-0.3, -0.25) is 0 Å². The van der Waals surface area contributed by atoms with Gasteiger partial charge in [0.05, 0.1) is 7.05 Å². The van der Waals surface area contributed by atoms with Crippen molar-refractivity contribution in [1.29, 1.82) is 0 Å². The molecule has 0 saturated carbocycles. The number of aliphatic carboxylic acids is 1. The van der Waals surface area contributed by atoms with Gasteiger partial charge in [-0.05, 0) is 40.1 Å². The molecule has 3 aromatic carbocycles. The predicted molar refractivity (Wildman–Crippen MR) is 139 cm³/mol. The SMILES string of the molecule is CCCC[N+]1(C)N=C(c2ccccc2)C(C(=O)O)=C1c1ccc(-c2ccccc2-c2nnn[nH]2)cc1. The molecule has 36 heavy (non-hydrogen) atoms. The van der Waals surface area contributed by atoms with E-state index < -0.39 is 5.97 Å². The van der Waals surface area contributed by atoms with Gasteiger partial charge >= 0.3 is 5.97 Å². The van der Waals surface area contributed by atoms with E-state index in [0.717, 1.165) is 40.7 Å². The summed E-state index contributed by atoms with van der Waals surface area (Å²) >= 11 is 0. The molecule has 2 N–H and O–H groups in total. The fraction of sp³-hybridized carbons (Fsp3) is 0.179. The van der Waals surface area contributed by atoms with Crippen LogP contribution in [0.2, 0.25) is 0 Å². The number of hydrogen-bond acceptors (Lipinski definition) is 5. The minimum atomic E-state index is -0.974. The van der Waals surface area contributed by atoms with Crippen LogP contribution in [-0.4, -0.2) is 55.6 Å². The van der Waals surface area contributed by atoms with Gasteiger partial charge in [0.1, 0.15) is 12.3 Å². The van der Waals surface area contributed by atoms with E-state index in [1.165, 1.54) is 0 Å². The van der Waals surface area contributed by atoms with Crippen LogP contribution in [0.15, 0.2) is 89.5 Å². The highest BCUT2D eigenvalue weighted by Gasteiger charge is 2.44. The minimum absolute atomic E-state index is 0.194. The van der Waals surface area contributed by atoms with Crippen LogP contribution in [0.3, 0.4) is 0 Å². The van der Waals surface area contributed by atoms with E-state index in [0.29, 0.717) is 23.8 Å². The van der Waals surface area contributed by atoms with Gasteiger partial charge in [0.15, 0.2) is 17.1 Å². The highest BCUT2D eigenvalue weighted by atomic mass is 16.4. The number of carboxylic acids is 1. The normalized spacial score (nSPS) is 17.3. The van der Waals surface area contributed by atoms with Gasteiger partial charge in [-0.1, -0.05) is 85.2 Å². The number of H-pyrrole nitrogens is 1. The van der Waals surface area contributed by atoms with Crippen molar-refractivity contribution < 1.29 is 14.5 Å². The number of tetrazole rings is 1. The number of hydrogen-bond donors (Lipinski definition) is 2. The Morgan fingerprint density at radius 1 is 0.889 bits per heavy atom. The molecule has 2 heterocycles. The zero-order valence-electron chi connectivity index (χ0n) is 20.2. The second-order valence-electron chi connectivity index (χ2n) is 8.93. The molecule has 0 aliphatic carbocycles. The largest absolute Gasteiger partial charge is 0.477 e. The molecular weight excluding hydrogens is 452 g/mol. The predicted octanol–water partition coefficient (Wildman–Crippen LogP) is 4.99. The summed E-state index contributed by atoms with van der Waals surface area (Å²) in [5.41, 5.74) is 5.96. The average molecular weight is 480 g/mol. The standard InChI is InChI=1S/C28H26N6O2/c1-3-4-18-34(2)26(24(28(35)36)25(31-34)20-10-6-5-7-11-20)21-16-14-19(15-17-21)22-12-8-9-13-23(22)27-29-32-33-30-27/h5-17H,3-4,18H2,1-2H3,(H-,29,30,31,32,33,35,36)/p+1. The molecule has 0 bridgehead atoms. The molecule has 0 radical (unpaired) electrons. The molecule has 4 aromatic rings. The van der Waals surface area contributed by atoms with Gasteiger partial charge in [0.2, 0.25) is 0 Å². The molecule has 0 saturated heterocycles. The Balaban J connectivity index is 1.62. The van der Waals surface area contributed by atoms with Crippen LogP contribution in [0.4, 0.5) is 0 Å². The number of aromatic nitrogens is 4. The van der Waals surface area contributed by atoms with Crippen molar-refractivity contribution in [2.24, 2.45) is 5.10 Å². The van der Waals surface area contributed by atoms with Gasteiger partial charge in [-0.15, -0.1) is 5.10 Å². The first-order chi connectivity index (χ1) is 17.5. The summed E-state index contributed by atoms with van der Waals surface area (Å²) in [6, 6.07) is 25.4. The highest BCUT2D eigenvalue weighted by molar-refractivity contribution is 6.30. The first-order valence-corrected chi connectivity index (χ1v) is 12.0. The maximum Gasteiger partial charge on any atom is 0.344 e. The average Bonchev–Trinajstić information content (AvgIpc) is 3.55. The van der Waals surface area contributed by atoms with Crippen LogP contribution in [0.25, 0.3) is 28.2 Å². The van der Waals surface area contributed by atoms with Crippen LogP contribution in [-0.2, 0) is 4.79 Å². The van der Waals surface area contributed by atoms with Crippen molar-refractivity contribution >= 4 is 17.4 Å². The number of rotatable bonds is 8. The minimum Gasteiger partial charge on any atom is -0.477 e. The number of nitrogens with zero attached hydrogens (tertiary/aromatic N) is 5. The molecule has 5 rings (SSSR count). The van der Waals surface area contributed by atoms with Gasteiger partial charge in [-0.25, -0.2) is 9.89 Å². The number of benzene rings is 3. The van der Waals surface area contributed by atoms with E-state index in [9.17, 15) is 9.90 Å². The summed E-state index contributed by atoms with van der Waals surface area (Å²) in [5.74, 6) is -0.385. The van der Waals surface area contributed by atoms with Crippen molar-refractivity contribution in [3.05, 3.63) is 95.6 Å². The quantitative estimate of drug-likeness (QED) is 0.346. The lowest BCUT2D eigenvalue weighted by molar-refractivity contribution is -0.844. The Bertz CT molecular complexity index is 1440. The lowest BCUT2D eigenvalue weighted by Gasteiger charge is -2.27. The van der Waals surface area contributed by atoms with Crippen molar-refractivity contribution in [2.75, 3.05) is 13.6 Å². The third-order valence-corrected chi connectivity index (χ3v) is 6.48. The molecule has 0 amide bonds. The molecule has 8 nitrogen and oxygen atoms in total. The first-order valence-electron chi connectivity index (χ1n) is 12.0. The number of nitrogens with one attached hydrogen (secondary N) is 1. The molecule has 1 aliphatic rings. The molecule has 1 aromatic heterocycles. The summed E-state index contributed by atoms with van der Waals surface area (Å²) in [7, 11) is 1.99. The number of aromatic amines is 1. The van der Waals surface area contributed by atoms with Gasteiger partial charge in [-0.2, -0.15) is 4.59 Å². The van der Waals surface area contributed by atoms with Gasteiger partial charge in [0, 0.05) is 16.7 Å². The molecule has 1 unspecified atom stereocenters. The van der Waals surface area contributed by atoms with Crippen LogP contribution >= 0.6 is 0 Å². The lowest BCUT2D eigenvalue weighted by Crippen LogP contribution is -2.36.